The van der Waals surface area contributed by atoms with E-state index in [2.05, 4.69) is 15.7 Å². The van der Waals surface area contributed by atoms with E-state index >= 15 is 0 Å². The number of nitrogens with zero attached hydrogens (tertiary/aromatic N) is 2. The Balaban J connectivity index is 1.53. The lowest BCUT2D eigenvalue weighted by Crippen LogP contribution is -2.30. The van der Waals surface area contributed by atoms with Crippen LogP contribution in [0.15, 0.2) is 30.3 Å². The summed E-state index contributed by atoms with van der Waals surface area (Å²) in [6, 6.07) is 6.03. The molecule has 0 spiro atoms. The van der Waals surface area contributed by atoms with Gasteiger partial charge in [-0.15, -0.1) is 0 Å². The molecule has 1 aromatic heterocycles. The van der Waals surface area contributed by atoms with Crippen LogP contribution in [-0.2, 0) is 18.9 Å². The molecule has 2 aromatic rings. The number of thiocarbonyl (C=S) groups is 1. The minimum Gasteiger partial charge on any atom is -0.362 e. The van der Waals surface area contributed by atoms with Gasteiger partial charge >= 0.3 is 12.4 Å². The number of para-hydroxylation sites is 1. The topological polar surface area (TPSA) is 41.9 Å². The predicted molar refractivity (Wildman–Crippen MR) is 99.5 cm³/mol. The zero-order valence-electron chi connectivity index (χ0n) is 15.1. The van der Waals surface area contributed by atoms with Gasteiger partial charge in [0.25, 0.3) is 0 Å². The number of rotatable bonds is 6. The molecule has 3 rings (SSSR count). The predicted octanol–water partition coefficient (Wildman–Crippen LogP) is 5.17. The van der Waals surface area contributed by atoms with Crippen LogP contribution in [0.1, 0.15) is 42.1 Å². The van der Waals surface area contributed by atoms with E-state index in [9.17, 15) is 26.3 Å². The van der Waals surface area contributed by atoms with Crippen molar-refractivity contribution in [2.45, 2.75) is 44.1 Å². The van der Waals surface area contributed by atoms with Gasteiger partial charge in [-0.1, -0.05) is 12.1 Å². The maximum atomic E-state index is 13.0. The first-order chi connectivity index (χ1) is 13.6. The Morgan fingerprint density at radius 2 is 1.79 bits per heavy atom. The van der Waals surface area contributed by atoms with Crippen molar-refractivity contribution in [3.63, 3.8) is 0 Å². The van der Waals surface area contributed by atoms with Crippen molar-refractivity contribution in [2.24, 2.45) is 0 Å². The number of nitrogens with one attached hydrogen (secondary N) is 2. The highest BCUT2D eigenvalue weighted by Crippen LogP contribution is 2.42. The molecule has 11 heteroatoms. The summed E-state index contributed by atoms with van der Waals surface area (Å²) in [5, 5.41) is 8.94. The zero-order valence-corrected chi connectivity index (χ0v) is 15.9. The third-order valence-electron chi connectivity index (χ3n) is 4.41. The molecule has 29 heavy (non-hydrogen) atoms. The lowest BCUT2D eigenvalue weighted by molar-refractivity contribution is -0.141. The SMILES string of the molecule is FC(F)(F)c1cc(C2CC2)n(CCCNC(=S)Nc2ccccc2C(F)(F)F)n1. The van der Waals surface area contributed by atoms with E-state index in [1.54, 1.807) is 0 Å². The largest absolute Gasteiger partial charge is 0.435 e. The van der Waals surface area contributed by atoms with Gasteiger partial charge < -0.3 is 10.6 Å². The van der Waals surface area contributed by atoms with Crippen molar-refractivity contribution in [3.05, 3.63) is 47.3 Å². The van der Waals surface area contributed by atoms with Crippen LogP contribution in [0.4, 0.5) is 32.0 Å². The number of halogens is 6. The summed E-state index contributed by atoms with van der Waals surface area (Å²) in [5.41, 5.74) is -1.35. The van der Waals surface area contributed by atoms with Crippen LogP contribution in [0.5, 0.6) is 0 Å². The first-order valence-electron chi connectivity index (χ1n) is 8.91. The molecule has 1 aliphatic carbocycles. The molecular formula is C18H18F6N4S. The quantitative estimate of drug-likeness (QED) is 0.372. The Morgan fingerprint density at radius 3 is 2.41 bits per heavy atom. The van der Waals surface area contributed by atoms with E-state index < -0.39 is 23.6 Å². The normalized spacial score (nSPS) is 14.7. The van der Waals surface area contributed by atoms with Crippen molar-refractivity contribution in [3.8, 4) is 0 Å². The van der Waals surface area contributed by atoms with Crippen molar-refractivity contribution in [1.82, 2.24) is 15.1 Å². The number of hydrogen-bond donors (Lipinski definition) is 2. The van der Waals surface area contributed by atoms with Crippen LogP contribution in [-0.4, -0.2) is 21.4 Å². The molecule has 0 amide bonds. The highest BCUT2D eigenvalue weighted by molar-refractivity contribution is 7.80. The van der Waals surface area contributed by atoms with Gasteiger partial charge in [-0.3, -0.25) is 4.68 Å². The van der Waals surface area contributed by atoms with Crippen LogP contribution in [0.2, 0.25) is 0 Å². The molecule has 1 heterocycles. The fourth-order valence-electron chi connectivity index (χ4n) is 2.89. The number of aromatic nitrogens is 2. The first-order valence-corrected chi connectivity index (χ1v) is 9.32. The fraction of sp³-hybridized carbons (Fsp3) is 0.444. The average molecular weight is 436 g/mol. The fourth-order valence-corrected chi connectivity index (χ4v) is 3.11. The second-order valence-corrected chi connectivity index (χ2v) is 7.14. The zero-order chi connectivity index (χ0) is 21.2. The number of benzene rings is 1. The van der Waals surface area contributed by atoms with Crippen molar-refractivity contribution in [2.75, 3.05) is 11.9 Å². The van der Waals surface area contributed by atoms with E-state index in [-0.39, 0.29) is 29.8 Å². The van der Waals surface area contributed by atoms with Gasteiger partial charge in [-0.05, 0) is 49.7 Å². The summed E-state index contributed by atoms with van der Waals surface area (Å²) in [7, 11) is 0. The smallest absolute Gasteiger partial charge is 0.362 e. The molecule has 0 atom stereocenters. The summed E-state index contributed by atoms with van der Waals surface area (Å²) in [6.45, 7) is 0.516. The van der Waals surface area contributed by atoms with Gasteiger partial charge in [0.1, 0.15) is 0 Å². The highest BCUT2D eigenvalue weighted by atomic mass is 32.1. The van der Waals surface area contributed by atoms with Gasteiger partial charge in [-0.25, -0.2) is 0 Å². The summed E-state index contributed by atoms with van der Waals surface area (Å²) < 4.78 is 79.0. The van der Waals surface area contributed by atoms with Crippen LogP contribution >= 0.6 is 12.2 Å². The molecule has 1 aromatic carbocycles. The molecular weight excluding hydrogens is 418 g/mol. The van der Waals surface area contributed by atoms with Gasteiger partial charge in [0.05, 0.1) is 11.3 Å². The van der Waals surface area contributed by atoms with Gasteiger partial charge in [-0.2, -0.15) is 31.4 Å². The molecule has 0 bridgehead atoms. The molecule has 0 radical (unpaired) electrons. The Morgan fingerprint density at radius 1 is 1.10 bits per heavy atom. The Hall–Kier alpha value is -2.30. The maximum Gasteiger partial charge on any atom is 0.435 e. The van der Waals surface area contributed by atoms with Crippen molar-refractivity contribution in [1.29, 1.82) is 0 Å². The molecule has 4 nitrogen and oxygen atoms in total. The van der Waals surface area contributed by atoms with E-state index in [4.69, 9.17) is 12.2 Å². The van der Waals surface area contributed by atoms with Gasteiger partial charge in [0.2, 0.25) is 0 Å². The maximum absolute atomic E-state index is 13.0. The highest BCUT2D eigenvalue weighted by Gasteiger charge is 2.37. The minimum atomic E-state index is -4.52. The van der Waals surface area contributed by atoms with E-state index in [0.717, 1.165) is 25.0 Å². The average Bonchev–Trinajstić information content (AvgIpc) is 3.36. The van der Waals surface area contributed by atoms with Crippen LogP contribution in [0, 0.1) is 0 Å². The molecule has 0 unspecified atom stereocenters. The monoisotopic (exact) mass is 436 g/mol. The first kappa shape index (κ1) is 21.4. The molecule has 0 saturated heterocycles. The lowest BCUT2D eigenvalue weighted by atomic mass is 10.1. The van der Waals surface area contributed by atoms with Gasteiger partial charge in [0, 0.05) is 24.7 Å². The molecule has 1 fully saturated rings. The summed E-state index contributed by atoms with van der Waals surface area (Å²) >= 11 is 5.02. The number of anilines is 1. The minimum absolute atomic E-state index is 0.000521. The standard InChI is InChI=1S/C18H18F6N4S/c19-17(20,21)12-4-1-2-5-13(12)26-16(29)25-8-3-9-28-14(11-6-7-11)10-15(27-28)18(22,23)24/h1-2,4-5,10-11H,3,6-9H2,(H2,25,26,29). The second-order valence-electron chi connectivity index (χ2n) is 6.73. The van der Waals surface area contributed by atoms with Gasteiger partial charge in [0.15, 0.2) is 10.8 Å². The second kappa shape index (κ2) is 8.21. The Labute approximate surface area is 168 Å². The van der Waals surface area contributed by atoms with E-state index in [1.165, 1.54) is 22.9 Å². The van der Waals surface area contributed by atoms with Crippen molar-refractivity contribution < 1.29 is 26.3 Å². The molecule has 0 aliphatic heterocycles. The van der Waals surface area contributed by atoms with Crippen LogP contribution < -0.4 is 10.6 Å². The summed E-state index contributed by atoms with van der Waals surface area (Å²) in [5.74, 6) is 0.105. The molecule has 2 N–H and O–H groups in total. The summed E-state index contributed by atoms with van der Waals surface area (Å²) in [4.78, 5) is 0. The number of alkyl halides is 6. The molecule has 1 saturated carbocycles. The Bertz CT molecular complexity index is 870. The van der Waals surface area contributed by atoms with Crippen molar-refractivity contribution >= 4 is 23.0 Å². The Kier molecular flexibility index (Phi) is 6.06. The molecule has 158 valence electrons. The van der Waals surface area contributed by atoms with Crippen LogP contribution in [0.3, 0.4) is 0 Å². The summed E-state index contributed by atoms with van der Waals surface area (Å²) in [6.07, 6.45) is -6.93. The number of hydrogen-bond acceptors (Lipinski definition) is 2. The third-order valence-corrected chi connectivity index (χ3v) is 4.66. The van der Waals surface area contributed by atoms with E-state index in [1.807, 2.05) is 0 Å². The lowest BCUT2D eigenvalue weighted by Gasteiger charge is -2.16. The number of aryl methyl sites for hydroxylation is 1. The molecule has 1 aliphatic rings. The van der Waals surface area contributed by atoms with E-state index in [0.29, 0.717) is 12.1 Å². The van der Waals surface area contributed by atoms with Crippen LogP contribution in [0.25, 0.3) is 0 Å². The third kappa shape index (κ3) is 5.62.